The molecule has 0 aliphatic carbocycles. The summed E-state index contributed by atoms with van der Waals surface area (Å²) in [6, 6.07) is 7.65. The van der Waals surface area contributed by atoms with Crippen molar-refractivity contribution in [3.63, 3.8) is 0 Å². The number of hydrogen-bond acceptors (Lipinski definition) is 3. The van der Waals surface area contributed by atoms with Gasteiger partial charge in [-0.1, -0.05) is 19.9 Å². The summed E-state index contributed by atoms with van der Waals surface area (Å²) < 4.78 is 18.6. The second kappa shape index (κ2) is 8.47. The standard InChI is InChI=1S/C18H24FN3O2/c1-12(2)7-8-13(3)20-18(23)17-10-15(21-22-17)11-24-16-6-4-5-14(19)9-16/h4-6,9-10,12-13H,7-8,11H2,1-3H3,(H,20,23)(H,21,22). The lowest BCUT2D eigenvalue weighted by molar-refractivity contribution is 0.0932. The number of carbonyl (C=O) groups is 1. The molecular formula is C18H24FN3O2. The molecule has 1 atom stereocenters. The second-order valence-electron chi connectivity index (χ2n) is 6.37. The van der Waals surface area contributed by atoms with Crippen molar-refractivity contribution in [2.45, 2.75) is 46.3 Å². The van der Waals surface area contributed by atoms with E-state index in [0.717, 1.165) is 12.8 Å². The van der Waals surface area contributed by atoms with Crippen LogP contribution < -0.4 is 10.1 Å². The van der Waals surface area contributed by atoms with Gasteiger partial charge in [-0.25, -0.2) is 4.39 Å². The highest BCUT2D eigenvalue weighted by Gasteiger charge is 2.14. The van der Waals surface area contributed by atoms with Crippen LogP contribution >= 0.6 is 0 Å². The molecule has 0 fully saturated rings. The first-order valence-corrected chi connectivity index (χ1v) is 8.17. The predicted molar refractivity (Wildman–Crippen MR) is 90.3 cm³/mol. The average molecular weight is 333 g/mol. The van der Waals surface area contributed by atoms with Gasteiger partial charge >= 0.3 is 0 Å². The molecule has 6 heteroatoms. The normalized spacial score (nSPS) is 12.2. The largest absolute Gasteiger partial charge is 0.487 e. The van der Waals surface area contributed by atoms with Gasteiger partial charge in [-0.05, 0) is 43.9 Å². The highest BCUT2D eigenvalue weighted by atomic mass is 19.1. The Morgan fingerprint density at radius 2 is 2.08 bits per heavy atom. The van der Waals surface area contributed by atoms with Crippen LogP contribution in [0.25, 0.3) is 0 Å². The van der Waals surface area contributed by atoms with E-state index in [2.05, 4.69) is 29.4 Å². The molecular weight excluding hydrogens is 309 g/mol. The van der Waals surface area contributed by atoms with Crippen LogP contribution in [0.5, 0.6) is 5.75 Å². The monoisotopic (exact) mass is 333 g/mol. The fourth-order valence-corrected chi connectivity index (χ4v) is 2.22. The molecule has 0 saturated heterocycles. The Labute approximate surface area is 141 Å². The highest BCUT2D eigenvalue weighted by Crippen LogP contribution is 2.14. The minimum absolute atomic E-state index is 0.101. The summed E-state index contributed by atoms with van der Waals surface area (Å²) in [6.07, 6.45) is 2.00. The second-order valence-corrected chi connectivity index (χ2v) is 6.37. The fraction of sp³-hybridized carbons (Fsp3) is 0.444. The first-order chi connectivity index (χ1) is 11.4. The summed E-state index contributed by atoms with van der Waals surface area (Å²) in [4.78, 5) is 12.1. The molecule has 2 aromatic rings. The Kier molecular flexibility index (Phi) is 6.35. The Morgan fingerprint density at radius 3 is 2.79 bits per heavy atom. The highest BCUT2D eigenvalue weighted by molar-refractivity contribution is 5.92. The van der Waals surface area contributed by atoms with E-state index in [1.54, 1.807) is 18.2 Å². The van der Waals surface area contributed by atoms with Crippen LogP contribution in [0.1, 0.15) is 49.8 Å². The van der Waals surface area contributed by atoms with Gasteiger partial charge in [0.05, 0.1) is 5.69 Å². The van der Waals surface area contributed by atoms with E-state index >= 15 is 0 Å². The van der Waals surface area contributed by atoms with Gasteiger partial charge in [0.1, 0.15) is 23.9 Å². The van der Waals surface area contributed by atoms with Crippen LogP contribution in [-0.4, -0.2) is 22.1 Å². The van der Waals surface area contributed by atoms with E-state index in [-0.39, 0.29) is 24.4 Å². The van der Waals surface area contributed by atoms with E-state index in [9.17, 15) is 9.18 Å². The molecule has 1 amide bonds. The minimum Gasteiger partial charge on any atom is -0.487 e. The summed E-state index contributed by atoms with van der Waals surface area (Å²) in [5.74, 6) is 0.478. The fourth-order valence-electron chi connectivity index (χ4n) is 2.22. The molecule has 24 heavy (non-hydrogen) atoms. The van der Waals surface area contributed by atoms with Crippen molar-refractivity contribution in [1.29, 1.82) is 0 Å². The average Bonchev–Trinajstić information content (AvgIpc) is 3.00. The Morgan fingerprint density at radius 1 is 1.29 bits per heavy atom. The number of carbonyl (C=O) groups excluding carboxylic acids is 1. The quantitative estimate of drug-likeness (QED) is 0.774. The van der Waals surface area contributed by atoms with Crippen molar-refractivity contribution in [3.05, 3.63) is 47.5 Å². The van der Waals surface area contributed by atoms with Crippen LogP contribution in [0.3, 0.4) is 0 Å². The van der Waals surface area contributed by atoms with Crippen LogP contribution in [-0.2, 0) is 6.61 Å². The maximum absolute atomic E-state index is 13.1. The zero-order chi connectivity index (χ0) is 17.5. The molecule has 0 bridgehead atoms. The molecule has 1 unspecified atom stereocenters. The topological polar surface area (TPSA) is 67.0 Å². The van der Waals surface area contributed by atoms with E-state index in [0.29, 0.717) is 23.1 Å². The summed E-state index contributed by atoms with van der Waals surface area (Å²) in [7, 11) is 0. The first-order valence-electron chi connectivity index (χ1n) is 8.17. The number of H-pyrrole nitrogens is 1. The zero-order valence-corrected chi connectivity index (χ0v) is 14.3. The molecule has 0 aliphatic rings. The lowest BCUT2D eigenvalue weighted by atomic mass is 10.0. The Bertz CT molecular complexity index is 670. The molecule has 2 rings (SSSR count). The van der Waals surface area contributed by atoms with Gasteiger partial charge < -0.3 is 10.1 Å². The summed E-state index contributed by atoms with van der Waals surface area (Å²) >= 11 is 0. The van der Waals surface area contributed by atoms with E-state index in [1.165, 1.54) is 12.1 Å². The van der Waals surface area contributed by atoms with Crippen LogP contribution in [0.15, 0.2) is 30.3 Å². The maximum atomic E-state index is 13.1. The van der Waals surface area contributed by atoms with Crippen LogP contribution in [0.2, 0.25) is 0 Å². The minimum atomic E-state index is -0.354. The SMILES string of the molecule is CC(C)CCC(C)NC(=O)c1cc(COc2cccc(F)c2)[nH]n1. The number of aromatic amines is 1. The van der Waals surface area contributed by atoms with Crippen molar-refractivity contribution in [3.8, 4) is 5.75 Å². The maximum Gasteiger partial charge on any atom is 0.271 e. The van der Waals surface area contributed by atoms with Gasteiger partial charge in [-0.15, -0.1) is 0 Å². The summed E-state index contributed by atoms with van der Waals surface area (Å²) in [5, 5.41) is 9.70. The number of rotatable bonds is 8. The molecule has 1 aromatic carbocycles. The van der Waals surface area contributed by atoms with Gasteiger partial charge in [-0.3, -0.25) is 9.89 Å². The lowest BCUT2D eigenvalue weighted by Gasteiger charge is -2.14. The van der Waals surface area contributed by atoms with Crippen molar-refractivity contribution in [2.24, 2.45) is 5.92 Å². The molecule has 0 saturated carbocycles. The molecule has 5 nitrogen and oxygen atoms in total. The van der Waals surface area contributed by atoms with Crippen LogP contribution in [0.4, 0.5) is 4.39 Å². The van der Waals surface area contributed by atoms with Crippen molar-refractivity contribution in [2.75, 3.05) is 0 Å². The number of nitrogens with zero attached hydrogens (tertiary/aromatic N) is 1. The molecule has 0 radical (unpaired) electrons. The third-order valence-corrected chi connectivity index (χ3v) is 3.61. The number of ether oxygens (including phenoxy) is 1. The zero-order valence-electron chi connectivity index (χ0n) is 14.3. The lowest BCUT2D eigenvalue weighted by Crippen LogP contribution is -2.33. The van der Waals surface area contributed by atoms with E-state index in [1.807, 2.05) is 6.92 Å². The van der Waals surface area contributed by atoms with Gasteiger partial charge in [-0.2, -0.15) is 5.10 Å². The predicted octanol–water partition coefficient (Wildman–Crippen LogP) is 3.68. The number of benzene rings is 1. The number of halogens is 1. The number of amides is 1. The third-order valence-electron chi connectivity index (χ3n) is 3.61. The molecule has 1 heterocycles. The smallest absolute Gasteiger partial charge is 0.271 e. The number of hydrogen-bond donors (Lipinski definition) is 2. The molecule has 0 aliphatic heterocycles. The van der Waals surface area contributed by atoms with Gasteiger partial charge in [0.25, 0.3) is 5.91 Å². The Balaban J connectivity index is 1.84. The van der Waals surface area contributed by atoms with Gasteiger partial charge in [0.2, 0.25) is 0 Å². The van der Waals surface area contributed by atoms with Crippen LogP contribution in [0, 0.1) is 11.7 Å². The van der Waals surface area contributed by atoms with Crippen molar-refractivity contribution < 1.29 is 13.9 Å². The summed E-state index contributed by atoms with van der Waals surface area (Å²) in [6.45, 7) is 6.49. The Hall–Kier alpha value is -2.37. The molecule has 0 spiro atoms. The molecule has 1 aromatic heterocycles. The summed E-state index contributed by atoms with van der Waals surface area (Å²) in [5.41, 5.74) is 0.975. The van der Waals surface area contributed by atoms with Gasteiger partial charge in [0, 0.05) is 12.1 Å². The number of aromatic nitrogens is 2. The number of nitrogens with one attached hydrogen (secondary N) is 2. The van der Waals surface area contributed by atoms with Gasteiger partial charge in [0.15, 0.2) is 0 Å². The van der Waals surface area contributed by atoms with Crippen molar-refractivity contribution >= 4 is 5.91 Å². The first kappa shape index (κ1) is 18.0. The van der Waals surface area contributed by atoms with E-state index < -0.39 is 0 Å². The van der Waals surface area contributed by atoms with E-state index in [4.69, 9.17) is 4.74 Å². The molecule has 130 valence electrons. The molecule has 2 N–H and O–H groups in total. The van der Waals surface area contributed by atoms with Crippen molar-refractivity contribution in [1.82, 2.24) is 15.5 Å². The third kappa shape index (κ3) is 5.68.